The van der Waals surface area contributed by atoms with Gasteiger partial charge in [-0.15, -0.1) is 0 Å². The summed E-state index contributed by atoms with van der Waals surface area (Å²) in [4.78, 5) is 0. The SMILES string of the molecule is CC(C)(C)[C]1[CH][CH][C](C(C)(C)C)[C]1C(C)(C)C.F[P-](F)(F)(F)(F)F.[CH]1[CH][C]2C=CC=C[C]2[CH]1.[Rh+3]. The Hall–Kier alpha value is 0.113. The van der Waals surface area contributed by atoms with Crippen LogP contribution in [-0.2, 0) is 19.5 Å². The van der Waals surface area contributed by atoms with Gasteiger partial charge in [-0.25, -0.2) is 0 Å². The van der Waals surface area contributed by atoms with Gasteiger partial charge in [0.05, 0.1) is 0 Å². The first-order valence-electron chi connectivity index (χ1n) is 10.7. The second kappa shape index (κ2) is 10.5. The number of allylic oxidation sites excluding steroid dienone is 4. The molecule has 0 spiro atoms. The largest absolute Gasteiger partial charge is 3.00 e. The van der Waals surface area contributed by atoms with E-state index in [0.29, 0.717) is 0 Å². The molecule has 8 heteroatoms. The third kappa shape index (κ3) is 13.4. The second-order valence-corrected chi connectivity index (χ2v) is 13.3. The predicted molar refractivity (Wildman–Crippen MR) is 128 cm³/mol. The molecule has 2 saturated carbocycles. The van der Waals surface area contributed by atoms with Gasteiger partial charge in [0.25, 0.3) is 0 Å². The maximum Gasteiger partial charge on any atom is 3.00 e. The normalized spacial score (nSPS) is 23.1. The molecule has 34 heavy (non-hydrogen) atoms. The molecule has 0 bridgehead atoms. The molecule has 3 aliphatic rings. The minimum atomic E-state index is -10.7. The molecule has 0 saturated heterocycles. The topological polar surface area (TPSA) is 0 Å². The molecule has 0 N–H and O–H groups in total. The zero-order valence-corrected chi connectivity index (χ0v) is 23.8. The van der Waals surface area contributed by atoms with Crippen LogP contribution in [0.3, 0.4) is 0 Å². The Kier molecular flexibility index (Phi) is 10.5. The van der Waals surface area contributed by atoms with E-state index in [4.69, 9.17) is 0 Å². The molecular weight excluding hydrogens is 560 g/mol. The minimum Gasteiger partial charge on any atom is -0.0762 e. The summed E-state index contributed by atoms with van der Waals surface area (Å²) in [6, 6.07) is 0. The summed E-state index contributed by atoms with van der Waals surface area (Å²) in [6.45, 7) is 20.8. The molecule has 0 unspecified atom stereocenters. The van der Waals surface area contributed by atoms with E-state index >= 15 is 0 Å². The Bertz CT molecular complexity index is 653. The van der Waals surface area contributed by atoms with Gasteiger partial charge in [0, 0.05) is 11.8 Å². The van der Waals surface area contributed by atoms with Crippen molar-refractivity contribution in [2.24, 2.45) is 16.2 Å². The molecule has 0 heterocycles. The van der Waals surface area contributed by atoms with Crippen LogP contribution in [0.1, 0.15) is 62.3 Å². The van der Waals surface area contributed by atoms with Crippen molar-refractivity contribution in [2.45, 2.75) is 62.3 Å². The summed E-state index contributed by atoms with van der Waals surface area (Å²) in [7, 11) is -10.7. The summed E-state index contributed by atoms with van der Waals surface area (Å²) < 4.78 is 59.2. The molecule has 0 aromatic heterocycles. The first-order valence-corrected chi connectivity index (χ1v) is 12.8. The first-order chi connectivity index (χ1) is 14.3. The Morgan fingerprint density at radius 1 is 0.529 bits per heavy atom. The number of rotatable bonds is 0. The van der Waals surface area contributed by atoms with Crippen molar-refractivity contribution in [3.63, 3.8) is 0 Å². The van der Waals surface area contributed by atoms with Gasteiger partial charge in [-0.2, -0.15) is 0 Å². The standard InChI is InChI=1S/C17H29.C9H7.F6P.Rh/c1-15(2,3)12-10-11-13(16(4,5)6)14(12)17(7,8)9;1-2-5-9-7-3-6-8(9)4-1;1-7(2,3,4,5)6;/h10-11H,1-9H3;1-7H;;/q;;-1;+3. The van der Waals surface area contributed by atoms with Crippen molar-refractivity contribution >= 4 is 7.81 Å². The number of hydrogen-bond donors (Lipinski definition) is 0. The van der Waals surface area contributed by atoms with Crippen molar-refractivity contribution in [1.82, 2.24) is 0 Å². The van der Waals surface area contributed by atoms with Gasteiger partial charge in [0.15, 0.2) is 0 Å². The van der Waals surface area contributed by atoms with Crippen LogP contribution >= 0.6 is 7.81 Å². The molecule has 0 amide bonds. The van der Waals surface area contributed by atoms with E-state index < -0.39 is 7.81 Å². The number of fused-ring (bicyclic) bond motifs is 1. The van der Waals surface area contributed by atoms with E-state index in [-0.39, 0.29) is 35.7 Å². The third-order valence-electron chi connectivity index (χ3n) is 4.87. The molecule has 0 aromatic carbocycles. The molecule has 0 aliphatic heterocycles. The van der Waals surface area contributed by atoms with Crippen LogP contribution < -0.4 is 0 Å². The van der Waals surface area contributed by atoms with E-state index in [2.05, 4.69) is 119 Å². The molecule has 10 radical (unpaired) electrons. The van der Waals surface area contributed by atoms with Gasteiger partial charge in [-0.1, -0.05) is 86.6 Å². The summed E-state index contributed by atoms with van der Waals surface area (Å²) in [6.07, 6.45) is 19.3. The molecule has 0 aromatic rings. The van der Waals surface area contributed by atoms with E-state index in [1.165, 1.54) is 23.7 Å². The molecular formula is C26H36F6PRh+2. The average molecular weight is 596 g/mol. The predicted octanol–water partition coefficient (Wildman–Crippen LogP) is 10.5. The van der Waals surface area contributed by atoms with Gasteiger partial charge < -0.3 is 0 Å². The quantitative estimate of drug-likeness (QED) is 0.148. The van der Waals surface area contributed by atoms with Crippen molar-refractivity contribution in [2.75, 3.05) is 0 Å². The van der Waals surface area contributed by atoms with E-state index in [1.807, 2.05) is 0 Å². The van der Waals surface area contributed by atoms with E-state index in [1.54, 1.807) is 5.92 Å². The zero-order valence-electron chi connectivity index (χ0n) is 21.2. The minimum absolute atomic E-state index is 0. The van der Waals surface area contributed by atoms with Crippen molar-refractivity contribution in [1.29, 1.82) is 0 Å². The molecule has 2 fully saturated rings. The van der Waals surface area contributed by atoms with Crippen molar-refractivity contribution in [3.05, 3.63) is 86.0 Å². The Balaban J connectivity index is 0.000000535. The number of hydrogen-bond acceptors (Lipinski definition) is 0. The summed E-state index contributed by atoms with van der Waals surface area (Å²) in [5.74, 6) is 7.23. The van der Waals surface area contributed by atoms with E-state index in [9.17, 15) is 25.2 Å². The maximum atomic E-state index is 9.87. The molecule has 0 atom stereocenters. The van der Waals surface area contributed by atoms with Crippen molar-refractivity contribution < 1.29 is 44.7 Å². The fraction of sp³-hybridized carbons (Fsp3) is 0.462. The van der Waals surface area contributed by atoms with Crippen LogP contribution in [-0.4, -0.2) is 0 Å². The fourth-order valence-corrected chi connectivity index (χ4v) is 3.61. The van der Waals surface area contributed by atoms with Gasteiger partial charge in [0.2, 0.25) is 0 Å². The van der Waals surface area contributed by atoms with Crippen LogP contribution in [0, 0.1) is 77.9 Å². The second-order valence-electron chi connectivity index (χ2n) is 11.4. The van der Waals surface area contributed by atoms with Crippen LogP contribution in [0.2, 0.25) is 0 Å². The average Bonchev–Trinajstić information content (AvgIpc) is 3.18. The maximum absolute atomic E-state index is 10.7. The molecule has 194 valence electrons. The van der Waals surface area contributed by atoms with Crippen molar-refractivity contribution in [3.8, 4) is 0 Å². The monoisotopic (exact) mass is 596 g/mol. The van der Waals surface area contributed by atoms with Crippen LogP contribution in [0.5, 0.6) is 0 Å². The summed E-state index contributed by atoms with van der Waals surface area (Å²) >= 11 is 0. The Morgan fingerprint density at radius 2 is 0.824 bits per heavy atom. The smallest absolute Gasteiger partial charge is 0.0762 e. The van der Waals surface area contributed by atoms with Gasteiger partial charge >= 0.3 is 52.5 Å². The Labute approximate surface area is 216 Å². The van der Waals surface area contributed by atoms with Crippen LogP contribution in [0.4, 0.5) is 25.2 Å². The zero-order chi connectivity index (χ0) is 26.2. The number of halogens is 6. The van der Waals surface area contributed by atoms with E-state index in [0.717, 1.165) is 0 Å². The molecule has 3 rings (SSSR count). The molecule has 0 nitrogen and oxygen atoms in total. The van der Waals surface area contributed by atoms with Crippen LogP contribution in [0.15, 0.2) is 24.3 Å². The van der Waals surface area contributed by atoms with Gasteiger partial charge in [0.1, 0.15) is 0 Å². The summed E-state index contributed by atoms with van der Waals surface area (Å²) in [5.41, 5.74) is 0.674. The first kappa shape index (κ1) is 34.1. The van der Waals surface area contributed by atoms with Crippen LogP contribution in [0.25, 0.3) is 0 Å². The summed E-state index contributed by atoms with van der Waals surface area (Å²) in [5, 5.41) is 0. The third-order valence-corrected chi connectivity index (χ3v) is 4.87. The fourth-order valence-electron chi connectivity index (χ4n) is 3.61. The molecule has 3 aliphatic carbocycles. The van der Waals surface area contributed by atoms with Gasteiger partial charge in [-0.3, -0.25) is 0 Å². The Morgan fingerprint density at radius 3 is 1.06 bits per heavy atom. The van der Waals surface area contributed by atoms with Gasteiger partial charge in [-0.05, 0) is 66.1 Å².